The predicted molar refractivity (Wildman–Crippen MR) is 66.9 cm³/mol. The molecular weight excluding hydrogens is 240 g/mol. The standard InChI is InChI=1S/C13H21ClO3/c1-15-12-8-16-13(17-9-12)11-4-2-10(3-5-11)6-7-14/h6-7,10-13H,2-5,8-9H2,1H3. The van der Waals surface area contributed by atoms with Gasteiger partial charge in [-0.05, 0) is 31.6 Å². The van der Waals surface area contributed by atoms with Gasteiger partial charge in [-0.1, -0.05) is 17.7 Å². The summed E-state index contributed by atoms with van der Waals surface area (Å²) in [5.74, 6) is 1.17. The fourth-order valence-corrected chi connectivity index (χ4v) is 2.83. The summed E-state index contributed by atoms with van der Waals surface area (Å²) in [4.78, 5) is 0. The van der Waals surface area contributed by atoms with E-state index in [9.17, 15) is 0 Å². The summed E-state index contributed by atoms with van der Waals surface area (Å²) in [7, 11) is 1.70. The first kappa shape index (κ1) is 13.3. The number of allylic oxidation sites excluding steroid dienone is 1. The number of ether oxygens (including phenoxy) is 3. The van der Waals surface area contributed by atoms with Crippen molar-refractivity contribution in [3.63, 3.8) is 0 Å². The number of methoxy groups -OCH3 is 1. The van der Waals surface area contributed by atoms with E-state index in [0.29, 0.717) is 25.0 Å². The van der Waals surface area contributed by atoms with Crippen LogP contribution in [0.5, 0.6) is 0 Å². The van der Waals surface area contributed by atoms with Crippen molar-refractivity contribution in [2.45, 2.75) is 38.1 Å². The lowest BCUT2D eigenvalue weighted by Crippen LogP contribution is -2.41. The van der Waals surface area contributed by atoms with Crippen molar-refractivity contribution in [3.8, 4) is 0 Å². The summed E-state index contributed by atoms with van der Waals surface area (Å²) in [5.41, 5.74) is 1.64. The summed E-state index contributed by atoms with van der Waals surface area (Å²) >= 11 is 5.61. The molecule has 0 aromatic carbocycles. The third-order valence-corrected chi connectivity index (χ3v) is 3.92. The van der Waals surface area contributed by atoms with Gasteiger partial charge in [-0.25, -0.2) is 0 Å². The van der Waals surface area contributed by atoms with Gasteiger partial charge in [-0.15, -0.1) is 0 Å². The minimum atomic E-state index is -0.0256. The molecule has 2 rings (SSSR count). The Morgan fingerprint density at radius 2 is 1.76 bits per heavy atom. The smallest absolute Gasteiger partial charge is 0.160 e. The SMILES string of the molecule is COC1COC(C2CCC(C=CCl)CC2)OC1. The number of halogens is 1. The predicted octanol–water partition coefficient (Wildman–Crippen LogP) is 2.93. The van der Waals surface area contributed by atoms with Gasteiger partial charge in [0.1, 0.15) is 6.10 Å². The van der Waals surface area contributed by atoms with Crippen LogP contribution in [-0.4, -0.2) is 32.7 Å². The van der Waals surface area contributed by atoms with E-state index in [1.807, 2.05) is 0 Å². The van der Waals surface area contributed by atoms with Gasteiger partial charge in [0.15, 0.2) is 6.29 Å². The highest BCUT2D eigenvalue weighted by molar-refractivity contribution is 6.25. The van der Waals surface area contributed by atoms with Crippen molar-refractivity contribution in [1.82, 2.24) is 0 Å². The summed E-state index contributed by atoms with van der Waals surface area (Å²) in [6.07, 6.45) is 6.86. The molecule has 4 heteroatoms. The van der Waals surface area contributed by atoms with E-state index >= 15 is 0 Å². The molecule has 0 aromatic heterocycles. The molecule has 0 atom stereocenters. The zero-order valence-electron chi connectivity index (χ0n) is 10.3. The lowest BCUT2D eigenvalue weighted by Gasteiger charge is -2.36. The van der Waals surface area contributed by atoms with Crippen LogP contribution in [0.15, 0.2) is 11.6 Å². The molecule has 1 heterocycles. The van der Waals surface area contributed by atoms with Crippen LogP contribution in [0, 0.1) is 11.8 Å². The van der Waals surface area contributed by atoms with E-state index < -0.39 is 0 Å². The lowest BCUT2D eigenvalue weighted by molar-refractivity contribution is -0.245. The van der Waals surface area contributed by atoms with Crippen LogP contribution in [0.3, 0.4) is 0 Å². The fraction of sp³-hybridized carbons (Fsp3) is 0.846. The molecule has 2 fully saturated rings. The molecule has 2 aliphatic rings. The normalized spacial score (nSPS) is 39.6. The van der Waals surface area contributed by atoms with Crippen molar-refractivity contribution in [2.24, 2.45) is 11.8 Å². The molecule has 0 spiro atoms. The van der Waals surface area contributed by atoms with Crippen LogP contribution in [0.25, 0.3) is 0 Å². The van der Waals surface area contributed by atoms with Crippen LogP contribution >= 0.6 is 11.6 Å². The van der Waals surface area contributed by atoms with Gasteiger partial charge < -0.3 is 14.2 Å². The second-order valence-corrected chi connectivity index (χ2v) is 5.14. The number of hydrogen-bond donors (Lipinski definition) is 0. The Morgan fingerprint density at radius 1 is 1.12 bits per heavy atom. The lowest BCUT2D eigenvalue weighted by atomic mass is 9.81. The highest BCUT2D eigenvalue weighted by Gasteiger charge is 2.31. The van der Waals surface area contributed by atoms with Gasteiger partial charge in [-0.2, -0.15) is 0 Å². The van der Waals surface area contributed by atoms with E-state index in [1.54, 1.807) is 12.6 Å². The molecule has 0 amide bonds. The molecule has 1 aliphatic carbocycles. The third-order valence-electron chi connectivity index (χ3n) is 3.77. The van der Waals surface area contributed by atoms with Crippen LogP contribution in [-0.2, 0) is 14.2 Å². The average Bonchev–Trinajstić information content (AvgIpc) is 2.40. The first-order valence-corrected chi connectivity index (χ1v) is 6.80. The Kier molecular flexibility index (Phi) is 5.29. The maximum Gasteiger partial charge on any atom is 0.160 e. The van der Waals surface area contributed by atoms with E-state index in [1.165, 1.54) is 12.8 Å². The molecule has 1 saturated heterocycles. The van der Waals surface area contributed by atoms with Crippen LogP contribution in [0.4, 0.5) is 0 Å². The van der Waals surface area contributed by atoms with Gasteiger partial charge in [0.2, 0.25) is 0 Å². The van der Waals surface area contributed by atoms with E-state index in [-0.39, 0.29) is 12.4 Å². The Hall–Kier alpha value is -0.0900. The van der Waals surface area contributed by atoms with Crippen molar-refractivity contribution < 1.29 is 14.2 Å². The molecule has 0 bridgehead atoms. The second-order valence-electron chi connectivity index (χ2n) is 4.89. The highest BCUT2D eigenvalue weighted by atomic mass is 35.5. The number of hydrogen-bond acceptors (Lipinski definition) is 3. The Balaban J connectivity index is 1.74. The Labute approximate surface area is 108 Å². The number of rotatable bonds is 3. The monoisotopic (exact) mass is 260 g/mol. The van der Waals surface area contributed by atoms with Gasteiger partial charge in [0.05, 0.1) is 13.2 Å². The highest BCUT2D eigenvalue weighted by Crippen LogP contribution is 2.34. The second kappa shape index (κ2) is 6.74. The Morgan fingerprint density at radius 3 is 2.29 bits per heavy atom. The fourth-order valence-electron chi connectivity index (χ4n) is 2.62. The first-order chi connectivity index (χ1) is 8.33. The van der Waals surface area contributed by atoms with Crippen molar-refractivity contribution in [1.29, 1.82) is 0 Å². The molecule has 1 saturated carbocycles. The van der Waals surface area contributed by atoms with Crippen LogP contribution in [0.1, 0.15) is 25.7 Å². The van der Waals surface area contributed by atoms with Gasteiger partial charge in [0, 0.05) is 18.6 Å². The van der Waals surface area contributed by atoms with Gasteiger partial charge in [-0.3, -0.25) is 0 Å². The van der Waals surface area contributed by atoms with Crippen molar-refractivity contribution in [2.75, 3.05) is 20.3 Å². The summed E-state index contributed by atoms with van der Waals surface area (Å²) in [6.45, 7) is 1.31. The van der Waals surface area contributed by atoms with Gasteiger partial charge >= 0.3 is 0 Å². The zero-order valence-corrected chi connectivity index (χ0v) is 11.1. The molecule has 3 nitrogen and oxygen atoms in total. The molecule has 0 radical (unpaired) electrons. The van der Waals surface area contributed by atoms with Crippen molar-refractivity contribution >= 4 is 11.6 Å². The molecule has 98 valence electrons. The Bertz CT molecular complexity index is 241. The van der Waals surface area contributed by atoms with Gasteiger partial charge in [0.25, 0.3) is 0 Å². The van der Waals surface area contributed by atoms with E-state index in [0.717, 1.165) is 12.8 Å². The minimum Gasteiger partial charge on any atom is -0.377 e. The first-order valence-electron chi connectivity index (χ1n) is 6.36. The molecule has 0 N–H and O–H groups in total. The average molecular weight is 261 g/mol. The molecule has 1 aliphatic heterocycles. The molecule has 0 unspecified atom stereocenters. The topological polar surface area (TPSA) is 27.7 Å². The van der Waals surface area contributed by atoms with Crippen molar-refractivity contribution in [3.05, 3.63) is 11.6 Å². The molecular formula is C13H21ClO3. The molecule has 17 heavy (non-hydrogen) atoms. The maximum absolute atomic E-state index is 5.72. The van der Waals surface area contributed by atoms with E-state index in [2.05, 4.69) is 6.08 Å². The van der Waals surface area contributed by atoms with E-state index in [4.69, 9.17) is 25.8 Å². The summed E-state index contributed by atoms with van der Waals surface area (Å²) < 4.78 is 16.7. The summed E-state index contributed by atoms with van der Waals surface area (Å²) in [6, 6.07) is 0. The quantitative estimate of drug-likeness (QED) is 0.781. The van der Waals surface area contributed by atoms with Crippen LogP contribution in [0.2, 0.25) is 0 Å². The maximum atomic E-state index is 5.72. The summed E-state index contributed by atoms with van der Waals surface area (Å²) in [5, 5.41) is 0. The van der Waals surface area contributed by atoms with Crippen LogP contribution < -0.4 is 0 Å². The zero-order chi connectivity index (χ0) is 12.1. The minimum absolute atomic E-state index is 0.0256. The third kappa shape index (κ3) is 3.68. The molecule has 0 aromatic rings. The largest absolute Gasteiger partial charge is 0.377 e.